The number of hydrogen-bond donors (Lipinski definition) is 1. The van der Waals surface area contributed by atoms with Crippen molar-refractivity contribution in [3.8, 4) is 6.07 Å². The number of rotatable bonds is 1. The molecule has 0 saturated carbocycles. The number of amides is 5. The maximum atomic E-state index is 13.5. The van der Waals surface area contributed by atoms with Crippen LogP contribution in [0.1, 0.15) is 32.8 Å². The van der Waals surface area contributed by atoms with Gasteiger partial charge in [0, 0.05) is 23.7 Å². The summed E-state index contributed by atoms with van der Waals surface area (Å²) in [5.74, 6) is -0.347. The van der Waals surface area contributed by atoms with Crippen molar-refractivity contribution in [2.75, 3.05) is 11.4 Å². The van der Waals surface area contributed by atoms with Crippen molar-refractivity contribution < 1.29 is 14.4 Å². The molecule has 2 bridgehead atoms. The molecule has 5 rings (SSSR count). The van der Waals surface area contributed by atoms with Gasteiger partial charge in [0.05, 0.1) is 28.9 Å². The van der Waals surface area contributed by atoms with E-state index in [0.717, 1.165) is 0 Å². The minimum Gasteiger partial charge on any atom is -0.333 e. The molecule has 4 heterocycles. The highest BCUT2D eigenvalue weighted by Gasteiger charge is 2.63. The monoisotopic (exact) mass is 418 g/mol. The van der Waals surface area contributed by atoms with Crippen LogP contribution in [0.5, 0.6) is 0 Å². The lowest BCUT2D eigenvalue weighted by Gasteiger charge is -2.36. The average Bonchev–Trinajstić information content (AvgIpc) is 3.38. The van der Waals surface area contributed by atoms with E-state index < -0.39 is 11.6 Å². The highest BCUT2D eigenvalue weighted by Crippen LogP contribution is 2.43. The lowest BCUT2D eigenvalue weighted by Crippen LogP contribution is -2.59. The largest absolute Gasteiger partial charge is 0.333 e. The van der Waals surface area contributed by atoms with E-state index in [4.69, 9.17) is 0 Å². The molecule has 158 valence electrons. The molecule has 2 unspecified atom stereocenters. The summed E-state index contributed by atoms with van der Waals surface area (Å²) in [5, 5.41) is 12.9. The zero-order valence-corrected chi connectivity index (χ0v) is 17.5. The number of carbonyl (C=O) groups excluding carboxylic acids is 3. The molecule has 31 heavy (non-hydrogen) atoms. The van der Waals surface area contributed by atoms with E-state index in [-0.39, 0.29) is 30.1 Å². The third-order valence-electron chi connectivity index (χ3n) is 6.12. The van der Waals surface area contributed by atoms with Crippen LogP contribution in [0.15, 0.2) is 30.5 Å². The maximum Gasteiger partial charge on any atom is 0.332 e. The van der Waals surface area contributed by atoms with Gasteiger partial charge in [-0.05, 0) is 51.5 Å². The Labute approximate surface area is 179 Å². The van der Waals surface area contributed by atoms with Crippen LogP contribution in [0, 0.1) is 11.3 Å². The molecule has 0 radical (unpaired) electrons. The number of nitrogens with zero attached hydrogens (tertiary/aromatic N) is 5. The Hall–Kier alpha value is -3.67. The van der Waals surface area contributed by atoms with Crippen molar-refractivity contribution in [1.29, 1.82) is 5.26 Å². The number of benzene rings is 1. The minimum absolute atomic E-state index is 0.190. The zero-order chi connectivity index (χ0) is 22.1. The Kier molecular flexibility index (Phi) is 3.99. The molecule has 3 aliphatic rings. The van der Waals surface area contributed by atoms with Crippen LogP contribution in [0.2, 0.25) is 0 Å². The molecule has 3 atom stereocenters. The van der Waals surface area contributed by atoms with Crippen molar-refractivity contribution in [1.82, 2.24) is 20.1 Å². The predicted octanol–water partition coefficient (Wildman–Crippen LogP) is 2.21. The summed E-state index contributed by atoms with van der Waals surface area (Å²) < 4.78 is 0. The lowest BCUT2D eigenvalue weighted by atomic mass is 10.1. The molecule has 0 spiro atoms. The molecule has 1 aromatic heterocycles. The van der Waals surface area contributed by atoms with Gasteiger partial charge < -0.3 is 15.1 Å². The van der Waals surface area contributed by atoms with Crippen LogP contribution < -0.4 is 10.2 Å². The molecular formula is C22H22N6O3. The third kappa shape index (κ3) is 2.75. The number of piperazine rings is 1. The van der Waals surface area contributed by atoms with Gasteiger partial charge in [-0.1, -0.05) is 0 Å². The van der Waals surface area contributed by atoms with Gasteiger partial charge in [0.1, 0.15) is 12.1 Å². The summed E-state index contributed by atoms with van der Waals surface area (Å²) in [7, 11) is 0. The number of hydrogen-bond acceptors (Lipinski definition) is 5. The Balaban J connectivity index is 1.51. The fraction of sp³-hybridized carbons (Fsp3) is 0.409. The minimum atomic E-state index is -0.695. The number of nitrogens with one attached hydrogen (secondary N) is 1. The topological polar surface area (TPSA) is 110 Å². The molecule has 9 nitrogen and oxygen atoms in total. The lowest BCUT2D eigenvalue weighted by molar-refractivity contribution is -0.121. The van der Waals surface area contributed by atoms with Crippen LogP contribution >= 0.6 is 0 Å². The van der Waals surface area contributed by atoms with E-state index in [1.54, 1.807) is 40.3 Å². The van der Waals surface area contributed by atoms with E-state index >= 15 is 0 Å². The summed E-state index contributed by atoms with van der Waals surface area (Å²) >= 11 is 0. The molecule has 1 N–H and O–H groups in total. The SMILES string of the molecule is CC(C)(C)NC(=O)N1CC2CC1[C@@H]1C(=O)N(c3ccc(C#N)c4ncccc34)C(=O)N21. The molecule has 1 aromatic carbocycles. The zero-order valence-electron chi connectivity index (χ0n) is 17.5. The summed E-state index contributed by atoms with van der Waals surface area (Å²) in [4.78, 5) is 48.3. The normalized spacial score (nSPS) is 24.7. The second-order valence-electron chi connectivity index (χ2n) is 9.24. The van der Waals surface area contributed by atoms with Crippen LogP contribution in [0.3, 0.4) is 0 Å². The van der Waals surface area contributed by atoms with Crippen LogP contribution in [0.4, 0.5) is 15.3 Å². The van der Waals surface area contributed by atoms with E-state index in [2.05, 4.69) is 16.4 Å². The van der Waals surface area contributed by atoms with Crippen molar-refractivity contribution in [3.05, 3.63) is 36.0 Å². The number of anilines is 1. The van der Waals surface area contributed by atoms with Gasteiger partial charge in [0.25, 0.3) is 5.91 Å². The number of likely N-dealkylation sites (tertiary alicyclic amines) is 1. The number of aromatic nitrogens is 1. The van der Waals surface area contributed by atoms with Gasteiger partial charge in [0.2, 0.25) is 0 Å². The number of imide groups is 1. The van der Waals surface area contributed by atoms with Crippen molar-refractivity contribution >= 4 is 34.6 Å². The van der Waals surface area contributed by atoms with Crippen LogP contribution in [0.25, 0.3) is 10.9 Å². The van der Waals surface area contributed by atoms with Gasteiger partial charge in [-0.15, -0.1) is 0 Å². The first-order valence-electron chi connectivity index (χ1n) is 10.2. The molecule has 0 aliphatic carbocycles. The van der Waals surface area contributed by atoms with Crippen molar-refractivity contribution in [2.24, 2.45) is 0 Å². The number of fused-ring (bicyclic) bond motifs is 6. The summed E-state index contributed by atoms with van der Waals surface area (Å²) in [6.07, 6.45) is 2.17. The molecule has 3 aliphatic heterocycles. The second kappa shape index (κ2) is 6.41. The summed E-state index contributed by atoms with van der Waals surface area (Å²) in [6.45, 7) is 6.12. The molecule has 5 amide bonds. The fourth-order valence-electron chi connectivity index (χ4n) is 4.95. The van der Waals surface area contributed by atoms with E-state index in [0.29, 0.717) is 35.1 Å². The first-order chi connectivity index (χ1) is 14.7. The van der Waals surface area contributed by atoms with Gasteiger partial charge >= 0.3 is 12.1 Å². The van der Waals surface area contributed by atoms with Gasteiger partial charge in [-0.2, -0.15) is 5.26 Å². The average molecular weight is 418 g/mol. The van der Waals surface area contributed by atoms with Crippen LogP contribution in [-0.2, 0) is 4.79 Å². The van der Waals surface area contributed by atoms with E-state index in [9.17, 15) is 19.6 Å². The molecule has 3 saturated heterocycles. The highest BCUT2D eigenvalue weighted by molar-refractivity contribution is 6.25. The molecule has 2 aromatic rings. The van der Waals surface area contributed by atoms with E-state index in [1.807, 2.05) is 20.8 Å². The van der Waals surface area contributed by atoms with Crippen LogP contribution in [-0.4, -0.2) is 63.0 Å². The first-order valence-corrected chi connectivity index (χ1v) is 10.2. The molecular weight excluding hydrogens is 396 g/mol. The smallest absolute Gasteiger partial charge is 0.332 e. The number of nitriles is 1. The van der Waals surface area contributed by atoms with Gasteiger partial charge in [-0.3, -0.25) is 9.78 Å². The number of carbonyl (C=O) groups is 3. The fourth-order valence-corrected chi connectivity index (χ4v) is 4.95. The number of pyridine rings is 1. The standard InChI is InChI=1S/C22H22N6O3/c1-22(2,3)25-20(30)26-11-13-9-16(26)18-19(29)28(21(31)27(13)18)15-7-6-12(10-23)17-14(15)5-4-8-24-17/h4-8,13,16,18H,9,11H2,1-3H3,(H,25,30)/t13?,16?,18-/m1/s1. The first kappa shape index (κ1) is 19.3. The Morgan fingerprint density at radius 1 is 1.26 bits per heavy atom. The van der Waals surface area contributed by atoms with Gasteiger partial charge in [-0.25, -0.2) is 14.5 Å². The number of urea groups is 2. The third-order valence-corrected chi connectivity index (χ3v) is 6.12. The Morgan fingerprint density at radius 2 is 2.03 bits per heavy atom. The molecule has 9 heteroatoms. The highest BCUT2D eigenvalue weighted by atomic mass is 16.2. The summed E-state index contributed by atoms with van der Waals surface area (Å²) in [6, 6.07) is 6.92. The van der Waals surface area contributed by atoms with Gasteiger partial charge in [0.15, 0.2) is 0 Å². The van der Waals surface area contributed by atoms with Crippen molar-refractivity contribution in [2.45, 2.75) is 50.9 Å². The second-order valence-corrected chi connectivity index (χ2v) is 9.24. The summed E-state index contributed by atoms with van der Waals surface area (Å²) in [5.41, 5.74) is 0.846. The Morgan fingerprint density at radius 3 is 2.74 bits per heavy atom. The van der Waals surface area contributed by atoms with Crippen molar-refractivity contribution in [3.63, 3.8) is 0 Å². The maximum absolute atomic E-state index is 13.5. The quantitative estimate of drug-likeness (QED) is 0.714. The molecule has 3 fully saturated rings. The predicted molar refractivity (Wildman–Crippen MR) is 112 cm³/mol. The Bertz CT molecular complexity index is 1180. The van der Waals surface area contributed by atoms with E-state index in [1.165, 1.54) is 4.90 Å².